The number of para-hydroxylation sites is 1. The monoisotopic (exact) mass is 456 g/mol. The SMILES string of the molecule is [2H]c1cccnc1-n1c2ccccc2c2ccc(-c3cccc([Si](C)(C)c4ccccn4)c3)cc21. The Labute approximate surface area is 201 Å². The molecule has 0 N–H and O–H groups in total. The van der Waals surface area contributed by atoms with Crippen molar-refractivity contribution in [3.05, 3.63) is 115 Å². The fraction of sp³-hybridized carbons (Fsp3) is 0.0667. The Hall–Kier alpha value is -4.02. The lowest BCUT2D eigenvalue weighted by molar-refractivity contribution is 1.08. The van der Waals surface area contributed by atoms with E-state index >= 15 is 0 Å². The van der Waals surface area contributed by atoms with Crippen molar-refractivity contribution in [2.24, 2.45) is 0 Å². The quantitative estimate of drug-likeness (QED) is 0.302. The molecule has 0 atom stereocenters. The second-order valence-electron chi connectivity index (χ2n) is 9.11. The summed E-state index contributed by atoms with van der Waals surface area (Å²) in [5.74, 6) is 0.647. The molecule has 4 heteroatoms. The van der Waals surface area contributed by atoms with Crippen LogP contribution in [0.1, 0.15) is 1.37 Å². The minimum absolute atomic E-state index is 0.408. The van der Waals surface area contributed by atoms with Crippen LogP contribution in [-0.4, -0.2) is 22.6 Å². The van der Waals surface area contributed by atoms with Crippen molar-refractivity contribution in [1.29, 1.82) is 0 Å². The van der Waals surface area contributed by atoms with Gasteiger partial charge < -0.3 is 0 Å². The normalized spacial score (nSPS) is 12.2. The van der Waals surface area contributed by atoms with Crippen LogP contribution in [0.2, 0.25) is 13.1 Å². The Kier molecular flexibility index (Phi) is 4.62. The predicted octanol–water partition coefficient (Wildman–Crippen LogP) is 6.06. The van der Waals surface area contributed by atoms with Crippen LogP contribution in [0.3, 0.4) is 0 Å². The molecule has 0 saturated carbocycles. The Morgan fingerprint density at radius 2 is 1.44 bits per heavy atom. The molecule has 0 aliphatic heterocycles. The first-order chi connectivity index (χ1) is 17.0. The summed E-state index contributed by atoms with van der Waals surface area (Å²) in [6, 6.07) is 34.1. The molecule has 0 bridgehead atoms. The maximum atomic E-state index is 8.51. The minimum atomic E-state index is -1.92. The van der Waals surface area contributed by atoms with Gasteiger partial charge in [0.2, 0.25) is 0 Å². The second-order valence-corrected chi connectivity index (χ2v) is 13.5. The molecule has 6 rings (SSSR count). The fourth-order valence-electron chi connectivity index (χ4n) is 4.79. The van der Waals surface area contributed by atoms with Crippen LogP contribution in [0, 0.1) is 0 Å². The molecule has 164 valence electrons. The molecule has 6 aromatic rings. The average molecular weight is 457 g/mol. The third-order valence-electron chi connectivity index (χ3n) is 6.70. The maximum absolute atomic E-state index is 8.51. The first-order valence-electron chi connectivity index (χ1n) is 12.0. The highest BCUT2D eigenvalue weighted by molar-refractivity contribution is 6.99. The highest BCUT2D eigenvalue weighted by Gasteiger charge is 2.27. The molecule has 3 aromatic carbocycles. The highest BCUT2D eigenvalue weighted by Crippen LogP contribution is 2.34. The molecule has 0 spiro atoms. The van der Waals surface area contributed by atoms with E-state index < -0.39 is 8.07 Å². The van der Waals surface area contributed by atoms with E-state index in [1.165, 1.54) is 16.1 Å². The van der Waals surface area contributed by atoms with Crippen molar-refractivity contribution in [3.63, 3.8) is 0 Å². The van der Waals surface area contributed by atoms with E-state index in [4.69, 9.17) is 1.37 Å². The van der Waals surface area contributed by atoms with Crippen molar-refractivity contribution in [3.8, 4) is 16.9 Å². The molecular formula is C30H25N3Si. The molecule has 0 radical (unpaired) electrons. The maximum Gasteiger partial charge on any atom is 0.137 e. The van der Waals surface area contributed by atoms with Gasteiger partial charge in [0.15, 0.2) is 0 Å². The zero-order chi connectivity index (χ0) is 24.0. The molecule has 0 saturated heterocycles. The molecule has 0 aliphatic rings. The van der Waals surface area contributed by atoms with E-state index in [-0.39, 0.29) is 0 Å². The van der Waals surface area contributed by atoms with E-state index in [1.807, 2.05) is 24.4 Å². The molecule has 0 aliphatic carbocycles. The number of rotatable bonds is 4. The van der Waals surface area contributed by atoms with Gasteiger partial charge in [0.1, 0.15) is 13.9 Å². The molecule has 34 heavy (non-hydrogen) atoms. The summed E-state index contributed by atoms with van der Waals surface area (Å²) >= 11 is 0. The third kappa shape index (κ3) is 3.35. The first-order valence-corrected chi connectivity index (χ1v) is 14.5. The summed E-state index contributed by atoms with van der Waals surface area (Å²) in [6.45, 7) is 4.71. The number of hydrogen-bond acceptors (Lipinski definition) is 2. The molecular weight excluding hydrogens is 430 g/mol. The van der Waals surface area contributed by atoms with Gasteiger partial charge in [-0.15, -0.1) is 0 Å². The third-order valence-corrected chi connectivity index (χ3v) is 10.0. The molecule has 0 unspecified atom stereocenters. The van der Waals surface area contributed by atoms with Gasteiger partial charge >= 0.3 is 0 Å². The van der Waals surface area contributed by atoms with Crippen LogP contribution < -0.4 is 10.5 Å². The number of fused-ring (bicyclic) bond motifs is 3. The van der Waals surface area contributed by atoms with Crippen molar-refractivity contribution in [2.45, 2.75) is 13.1 Å². The number of pyridine rings is 2. The van der Waals surface area contributed by atoms with Gasteiger partial charge in [0, 0.05) is 28.5 Å². The Morgan fingerprint density at radius 3 is 2.29 bits per heavy atom. The van der Waals surface area contributed by atoms with Crippen LogP contribution in [0.25, 0.3) is 38.8 Å². The summed E-state index contributed by atoms with van der Waals surface area (Å²) in [5, 5.41) is 4.86. The van der Waals surface area contributed by atoms with E-state index in [2.05, 4.69) is 100 Å². The van der Waals surface area contributed by atoms with E-state index in [0.717, 1.165) is 27.4 Å². The summed E-state index contributed by atoms with van der Waals surface area (Å²) in [4.78, 5) is 9.26. The number of hydrogen-bond donors (Lipinski definition) is 0. The summed E-state index contributed by atoms with van der Waals surface area (Å²) in [7, 11) is -1.92. The molecule has 3 heterocycles. The zero-order valence-electron chi connectivity index (χ0n) is 20.2. The van der Waals surface area contributed by atoms with Crippen LogP contribution in [-0.2, 0) is 0 Å². The van der Waals surface area contributed by atoms with Gasteiger partial charge in [-0.1, -0.05) is 85.0 Å². The molecule has 3 aromatic heterocycles. The number of aromatic nitrogens is 3. The summed E-state index contributed by atoms with van der Waals surface area (Å²) in [5.41, 5.74) is 4.45. The topological polar surface area (TPSA) is 30.7 Å². The lowest BCUT2D eigenvalue weighted by Crippen LogP contribution is -2.54. The van der Waals surface area contributed by atoms with Gasteiger partial charge in [-0.3, -0.25) is 9.55 Å². The molecule has 0 amide bonds. The first kappa shape index (κ1) is 19.4. The second kappa shape index (κ2) is 8.08. The van der Waals surface area contributed by atoms with Crippen molar-refractivity contribution in [2.75, 3.05) is 0 Å². The smallest absolute Gasteiger partial charge is 0.137 e. The Morgan fingerprint density at radius 1 is 0.676 bits per heavy atom. The zero-order valence-corrected chi connectivity index (χ0v) is 20.2. The van der Waals surface area contributed by atoms with Crippen LogP contribution in [0.4, 0.5) is 0 Å². The molecule has 3 nitrogen and oxygen atoms in total. The van der Waals surface area contributed by atoms with Crippen LogP contribution >= 0.6 is 0 Å². The number of benzene rings is 3. The number of nitrogens with zero attached hydrogens (tertiary/aromatic N) is 3. The average Bonchev–Trinajstić information content (AvgIpc) is 3.23. The van der Waals surface area contributed by atoms with Gasteiger partial charge in [-0.05, 0) is 47.5 Å². The largest absolute Gasteiger partial charge is 0.294 e. The van der Waals surface area contributed by atoms with Crippen LogP contribution in [0.15, 0.2) is 115 Å². The standard InChI is InChI=1S/C30H25N3Si/c1-34(2,30-15-6-8-19-32-30)24-11-9-10-22(20-24)23-16-17-26-25-12-3-4-13-27(25)33(28(26)21-23)29-14-5-7-18-31-29/h3-21H,1-2H3/i14D. The van der Waals surface area contributed by atoms with Crippen molar-refractivity contribution < 1.29 is 1.37 Å². The van der Waals surface area contributed by atoms with E-state index in [0.29, 0.717) is 11.9 Å². The highest BCUT2D eigenvalue weighted by atomic mass is 28.3. The lowest BCUT2D eigenvalue weighted by atomic mass is 10.0. The van der Waals surface area contributed by atoms with Gasteiger partial charge in [-0.25, -0.2) is 4.98 Å². The predicted molar refractivity (Wildman–Crippen MR) is 145 cm³/mol. The van der Waals surface area contributed by atoms with Crippen molar-refractivity contribution >= 4 is 40.4 Å². The molecule has 0 fully saturated rings. The Balaban J connectivity index is 1.55. The van der Waals surface area contributed by atoms with E-state index in [9.17, 15) is 0 Å². The van der Waals surface area contributed by atoms with Gasteiger partial charge in [0.05, 0.1) is 12.4 Å². The fourth-order valence-corrected chi connectivity index (χ4v) is 7.02. The Bertz CT molecular complexity index is 1690. The van der Waals surface area contributed by atoms with Crippen LogP contribution in [0.5, 0.6) is 0 Å². The van der Waals surface area contributed by atoms with Gasteiger partial charge in [-0.2, -0.15) is 0 Å². The minimum Gasteiger partial charge on any atom is -0.294 e. The van der Waals surface area contributed by atoms with Gasteiger partial charge in [0.25, 0.3) is 0 Å². The van der Waals surface area contributed by atoms with E-state index in [1.54, 1.807) is 12.3 Å². The lowest BCUT2D eigenvalue weighted by Gasteiger charge is -2.23. The van der Waals surface area contributed by atoms with Crippen molar-refractivity contribution in [1.82, 2.24) is 14.5 Å². The summed E-state index contributed by atoms with van der Waals surface area (Å²) in [6.07, 6.45) is 3.64. The summed E-state index contributed by atoms with van der Waals surface area (Å²) < 4.78 is 10.6.